The first-order valence-electron chi connectivity index (χ1n) is 10.1. The zero-order valence-electron chi connectivity index (χ0n) is 17.3. The molecule has 148 valence electrons. The van der Waals surface area contributed by atoms with Crippen molar-refractivity contribution in [3.8, 4) is 0 Å². The van der Waals surface area contributed by atoms with Gasteiger partial charge < -0.3 is 4.43 Å². The predicted molar refractivity (Wildman–Crippen MR) is 124 cm³/mol. The average molecular weight is 401 g/mol. The predicted octanol–water partition coefficient (Wildman–Crippen LogP) is 3.98. The largest absolute Gasteiger partial charge is 0.390 e. The van der Waals surface area contributed by atoms with Gasteiger partial charge in [-0.05, 0) is 29.4 Å². The molecule has 0 fully saturated rings. The van der Waals surface area contributed by atoms with Crippen LogP contribution in [0.1, 0.15) is 27.2 Å². The van der Waals surface area contributed by atoms with Crippen LogP contribution in [0.4, 0.5) is 0 Å². The lowest BCUT2D eigenvalue weighted by Crippen LogP contribution is -2.70. The standard InChI is InChI=1S/C26H28O2Si/c1-4-25(27)26(20-21(2)3)28-29(22-14-8-5-9-15-22,23-16-10-6-11-17-23)24-18-12-7-13-19-24/h5-20,26H,4H2,1-3H3. The maximum atomic E-state index is 12.9. The van der Waals surface area contributed by atoms with E-state index >= 15 is 0 Å². The zero-order chi connectivity index (χ0) is 20.7. The topological polar surface area (TPSA) is 26.3 Å². The summed E-state index contributed by atoms with van der Waals surface area (Å²) in [4.78, 5) is 12.9. The van der Waals surface area contributed by atoms with Crippen molar-refractivity contribution in [3.63, 3.8) is 0 Å². The van der Waals surface area contributed by atoms with Crippen molar-refractivity contribution in [1.29, 1.82) is 0 Å². The molecular weight excluding hydrogens is 372 g/mol. The van der Waals surface area contributed by atoms with E-state index in [4.69, 9.17) is 4.43 Å². The Kier molecular flexibility index (Phi) is 6.97. The number of carbonyl (C=O) groups excluding carboxylic acids is 1. The molecule has 0 saturated carbocycles. The summed E-state index contributed by atoms with van der Waals surface area (Å²) in [6.45, 7) is 5.92. The highest BCUT2D eigenvalue weighted by molar-refractivity contribution is 7.07. The minimum atomic E-state index is -2.90. The Balaban J connectivity index is 2.30. The van der Waals surface area contributed by atoms with E-state index in [9.17, 15) is 4.79 Å². The molecule has 0 aromatic heterocycles. The fourth-order valence-electron chi connectivity index (χ4n) is 3.61. The SMILES string of the molecule is CCC(=O)C(C=C(C)C)O[Si](c1ccccc1)(c1ccccc1)c1ccccc1. The normalized spacial score (nSPS) is 12.2. The molecule has 0 aliphatic carbocycles. The summed E-state index contributed by atoms with van der Waals surface area (Å²) in [5.74, 6) is 0.103. The number of rotatable bonds is 8. The van der Waals surface area contributed by atoms with E-state index in [2.05, 4.69) is 36.4 Å². The Morgan fingerprint density at radius 3 is 1.48 bits per heavy atom. The molecule has 0 spiro atoms. The van der Waals surface area contributed by atoms with Crippen LogP contribution in [0.15, 0.2) is 103 Å². The van der Waals surface area contributed by atoms with Crippen molar-refractivity contribution in [2.45, 2.75) is 33.3 Å². The molecule has 3 aromatic carbocycles. The highest BCUT2D eigenvalue weighted by atomic mass is 28.4. The number of benzene rings is 3. The number of allylic oxidation sites excluding steroid dienone is 1. The maximum Gasteiger partial charge on any atom is 0.289 e. The lowest BCUT2D eigenvalue weighted by Gasteiger charge is -2.35. The number of hydrogen-bond donors (Lipinski definition) is 0. The fourth-order valence-corrected chi connectivity index (χ4v) is 7.58. The van der Waals surface area contributed by atoms with Crippen LogP contribution in [0.5, 0.6) is 0 Å². The van der Waals surface area contributed by atoms with Gasteiger partial charge in [0.2, 0.25) is 0 Å². The van der Waals surface area contributed by atoms with Crippen LogP contribution in [0.25, 0.3) is 0 Å². The van der Waals surface area contributed by atoms with E-state index < -0.39 is 14.4 Å². The highest BCUT2D eigenvalue weighted by Gasteiger charge is 2.44. The van der Waals surface area contributed by atoms with Crippen LogP contribution in [0, 0.1) is 0 Å². The summed E-state index contributed by atoms with van der Waals surface area (Å²) in [7, 11) is -2.90. The summed E-state index contributed by atoms with van der Waals surface area (Å²) < 4.78 is 6.97. The van der Waals surface area contributed by atoms with E-state index in [0.717, 1.165) is 21.1 Å². The minimum absolute atomic E-state index is 0.103. The average Bonchev–Trinajstić information content (AvgIpc) is 2.77. The van der Waals surface area contributed by atoms with Crippen molar-refractivity contribution >= 4 is 29.7 Å². The molecule has 1 unspecified atom stereocenters. The molecule has 0 amide bonds. The molecule has 3 aromatic rings. The smallest absolute Gasteiger partial charge is 0.289 e. The monoisotopic (exact) mass is 400 g/mol. The van der Waals surface area contributed by atoms with Crippen molar-refractivity contribution in [2.24, 2.45) is 0 Å². The molecule has 3 rings (SSSR count). The second-order valence-corrected chi connectivity index (χ2v) is 10.7. The van der Waals surface area contributed by atoms with Gasteiger partial charge in [-0.15, -0.1) is 0 Å². The third-order valence-corrected chi connectivity index (χ3v) is 9.04. The molecule has 29 heavy (non-hydrogen) atoms. The Labute approximate surface area is 175 Å². The van der Waals surface area contributed by atoms with Gasteiger partial charge in [-0.25, -0.2) is 0 Å². The highest BCUT2D eigenvalue weighted by Crippen LogP contribution is 2.15. The molecular formula is C26H28O2Si. The minimum Gasteiger partial charge on any atom is -0.390 e. The van der Waals surface area contributed by atoms with Crippen LogP contribution in [-0.4, -0.2) is 20.2 Å². The van der Waals surface area contributed by atoms with Crippen molar-refractivity contribution in [3.05, 3.63) is 103 Å². The second kappa shape index (κ2) is 9.64. The van der Waals surface area contributed by atoms with Crippen molar-refractivity contribution < 1.29 is 9.22 Å². The van der Waals surface area contributed by atoms with Gasteiger partial charge in [0, 0.05) is 6.42 Å². The summed E-state index contributed by atoms with van der Waals surface area (Å²) in [6.07, 6.45) is 1.83. The molecule has 2 nitrogen and oxygen atoms in total. The molecule has 0 bridgehead atoms. The third kappa shape index (κ3) is 4.64. The molecule has 0 saturated heterocycles. The van der Waals surface area contributed by atoms with E-state index in [0.29, 0.717) is 6.42 Å². The van der Waals surface area contributed by atoms with Gasteiger partial charge in [0.05, 0.1) is 0 Å². The first-order valence-corrected chi connectivity index (χ1v) is 12.0. The van der Waals surface area contributed by atoms with Crippen LogP contribution in [0.2, 0.25) is 0 Å². The molecule has 0 heterocycles. The lowest BCUT2D eigenvalue weighted by molar-refractivity contribution is -0.123. The van der Waals surface area contributed by atoms with Crippen LogP contribution in [0.3, 0.4) is 0 Å². The molecule has 0 aliphatic rings. The Bertz CT molecular complexity index is 849. The van der Waals surface area contributed by atoms with Gasteiger partial charge in [0.15, 0.2) is 5.78 Å². The number of hydrogen-bond acceptors (Lipinski definition) is 2. The van der Waals surface area contributed by atoms with Gasteiger partial charge in [0.25, 0.3) is 8.32 Å². The molecule has 1 atom stereocenters. The second-order valence-electron chi connectivity index (χ2n) is 7.38. The van der Waals surface area contributed by atoms with Crippen LogP contribution < -0.4 is 15.6 Å². The van der Waals surface area contributed by atoms with E-state index in [-0.39, 0.29) is 5.78 Å². The van der Waals surface area contributed by atoms with E-state index in [1.807, 2.05) is 81.4 Å². The van der Waals surface area contributed by atoms with Crippen molar-refractivity contribution in [2.75, 3.05) is 0 Å². The molecule has 0 radical (unpaired) electrons. The molecule has 0 aliphatic heterocycles. The third-order valence-electron chi connectivity index (χ3n) is 5.00. The van der Waals surface area contributed by atoms with Gasteiger partial charge in [0.1, 0.15) is 6.10 Å². The van der Waals surface area contributed by atoms with Crippen LogP contribution >= 0.6 is 0 Å². The van der Waals surface area contributed by atoms with Gasteiger partial charge in [-0.3, -0.25) is 4.79 Å². The lowest BCUT2D eigenvalue weighted by atomic mass is 10.1. The van der Waals surface area contributed by atoms with Gasteiger partial charge in [-0.2, -0.15) is 0 Å². The summed E-state index contributed by atoms with van der Waals surface area (Å²) in [5, 5.41) is 3.40. The molecule has 3 heteroatoms. The number of Topliss-reactive ketones (excluding diaryl/α,β-unsaturated/α-hetero) is 1. The fraction of sp³-hybridized carbons (Fsp3) is 0.192. The van der Waals surface area contributed by atoms with Gasteiger partial charge >= 0.3 is 0 Å². The van der Waals surface area contributed by atoms with E-state index in [1.54, 1.807) is 0 Å². The quantitative estimate of drug-likeness (QED) is 0.325. The van der Waals surface area contributed by atoms with Gasteiger partial charge in [-0.1, -0.05) is 110 Å². The first kappa shape index (κ1) is 21.0. The molecule has 0 N–H and O–H groups in total. The Morgan fingerprint density at radius 2 is 1.17 bits per heavy atom. The Morgan fingerprint density at radius 1 is 0.793 bits per heavy atom. The summed E-state index contributed by atoms with van der Waals surface area (Å²) in [5.41, 5.74) is 1.08. The summed E-state index contributed by atoms with van der Waals surface area (Å²) in [6, 6.07) is 31.1. The summed E-state index contributed by atoms with van der Waals surface area (Å²) >= 11 is 0. The zero-order valence-corrected chi connectivity index (χ0v) is 18.3. The maximum absolute atomic E-state index is 12.9. The van der Waals surface area contributed by atoms with Crippen LogP contribution in [-0.2, 0) is 9.22 Å². The number of ketones is 1. The van der Waals surface area contributed by atoms with Crippen molar-refractivity contribution in [1.82, 2.24) is 0 Å². The first-order chi connectivity index (χ1) is 14.1. The Hall–Kier alpha value is -2.75. The van der Waals surface area contributed by atoms with E-state index in [1.165, 1.54) is 0 Å². The number of carbonyl (C=O) groups is 1.